The molecule has 1 unspecified atom stereocenters. The molecule has 3 rings (SSSR count). The number of thiazole rings is 1. The van der Waals surface area contributed by atoms with Gasteiger partial charge in [-0.25, -0.2) is 4.98 Å². The van der Waals surface area contributed by atoms with Crippen molar-refractivity contribution >= 4 is 39.8 Å². The number of aromatic nitrogens is 1. The number of ketones is 1. The third kappa shape index (κ3) is 4.16. The second-order valence-electron chi connectivity index (χ2n) is 6.36. The van der Waals surface area contributed by atoms with Gasteiger partial charge < -0.3 is 10.1 Å². The van der Waals surface area contributed by atoms with Crippen LogP contribution in [0.4, 0.5) is 10.8 Å². The number of aryl methyl sites for hydroxylation is 1. The number of fused-ring (bicyclic) bond motifs is 1. The summed E-state index contributed by atoms with van der Waals surface area (Å²) in [4.78, 5) is 43.7. The Kier molecular flexibility index (Phi) is 5.55. The molecule has 1 aromatic carbocycles. The predicted molar refractivity (Wildman–Crippen MR) is 104 cm³/mol. The van der Waals surface area contributed by atoms with Gasteiger partial charge in [0.25, 0.3) is 5.91 Å². The lowest BCUT2D eigenvalue weighted by Gasteiger charge is -2.32. The Balaban J connectivity index is 1.85. The van der Waals surface area contributed by atoms with Gasteiger partial charge in [0.05, 0.1) is 5.69 Å². The molecule has 8 heteroatoms. The van der Waals surface area contributed by atoms with Crippen LogP contribution in [-0.2, 0) is 9.59 Å². The fraction of sp³-hybridized carbons (Fsp3) is 0.368. The van der Waals surface area contributed by atoms with Gasteiger partial charge in [-0.3, -0.25) is 19.3 Å². The summed E-state index contributed by atoms with van der Waals surface area (Å²) in [6, 6.07) is 4.99. The normalized spacial score (nSPS) is 15.9. The maximum atomic E-state index is 12.6. The molecule has 1 atom stereocenters. The SMILES string of the molecule is CCCC(=O)c1ccc2c(c1)N(CC(=O)Nc1ncc(C)s1)C(=O)C(C)O2. The van der Waals surface area contributed by atoms with Crippen molar-refractivity contribution in [3.05, 3.63) is 34.8 Å². The minimum absolute atomic E-state index is 0.00552. The van der Waals surface area contributed by atoms with Crippen LogP contribution in [0.25, 0.3) is 0 Å². The van der Waals surface area contributed by atoms with Gasteiger partial charge in [0.2, 0.25) is 5.91 Å². The molecule has 0 fully saturated rings. The molecule has 1 aromatic heterocycles. The summed E-state index contributed by atoms with van der Waals surface area (Å²) >= 11 is 1.36. The van der Waals surface area contributed by atoms with Crippen LogP contribution in [0.15, 0.2) is 24.4 Å². The number of nitrogens with one attached hydrogen (secondary N) is 1. The van der Waals surface area contributed by atoms with Gasteiger partial charge in [0.15, 0.2) is 17.0 Å². The lowest BCUT2D eigenvalue weighted by Crippen LogP contribution is -2.47. The number of Topliss-reactive ketones (excluding diaryl/α,β-unsaturated/α-hetero) is 1. The van der Waals surface area contributed by atoms with E-state index in [0.717, 1.165) is 11.3 Å². The largest absolute Gasteiger partial charge is 0.479 e. The number of anilines is 2. The Bertz CT molecular complexity index is 893. The molecule has 1 aliphatic heterocycles. The average Bonchev–Trinajstić information content (AvgIpc) is 3.03. The van der Waals surface area contributed by atoms with Gasteiger partial charge in [-0.15, -0.1) is 11.3 Å². The molecule has 27 heavy (non-hydrogen) atoms. The first kappa shape index (κ1) is 19.0. The molecule has 2 heterocycles. The Morgan fingerprint density at radius 2 is 2.15 bits per heavy atom. The van der Waals surface area contributed by atoms with E-state index in [0.29, 0.717) is 28.6 Å². The van der Waals surface area contributed by atoms with Gasteiger partial charge in [0, 0.05) is 23.1 Å². The van der Waals surface area contributed by atoms with E-state index in [1.807, 2.05) is 13.8 Å². The summed E-state index contributed by atoms with van der Waals surface area (Å²) < 4.78 is 5.63. The molecule has 0 saturated carbocycles. The first-order valence-electron chi connectivity index (χ1n) is 8.76. The number of hydrogen-bond acceptors (Lipinski definition) is 6. The van der Waals surface area contributed by atoms with Gasteiger partial charge >= 0.3 is 0 Å². The zero-order valence-electron chi connectivity index (χ0n) is 15.4. The molecule has 0 spiro atoms. The molecule has 0 radical (unpaired) electrons. The van der Waals surface area contributed by atoms with Crippen molar-refractivity contribution in [2.45, 2.75) is 39.7 Å². The summed E-state index contributed by atoms with van der Waals surface area (Å²) in [7, 11) is 0. The van der Waals surface area contributed by atoms with E-state index in [-0.39, 0.29) is 24.1 Å². The maximum Gasteiger partial charge on any atom is 0.268 e. The zero-order chi connectivity index (χ0) is 19.6. The monoisotopic (exact) mass is 387 g/mol. The van der Waals surface area contributed by atoms with Crippen molar-refractivity contribution < 1.29 is 19.1 Å². The minimum Gasteiger partial charge on any atom is -0.479 e. The fourth-order valence-corrected chi connectivity index (χ4v) is 3.51. The lowest BCUT2D eigenvalue weighted by atomic mass is 10.0. The van der Waals surface area contributed by atoms with E-state index >= 15 is 0 Å². The zero-order valence-corrected chi connectivity index (χ0v) is 16.3. The highest BCUT2D eigenvalue weighted by Crippen LogP contribution is 2.35. The number of carbonyl (C=O) groups is 3. The summed E-state index contributed by atoms with van der Waals surface area (Å²) in [5, 5.41) is 3.19. The smallest absolute Gasteiger partial charge is 0.268 e. The van der Waals surface area contributed by atoms with E-state index in [1.54, 1.807) is 31.3 Å². The Hall–Kier alpha value is -2.74. The van der Waals surface area contributed by atoms with Gasteiger partial charge in [0.1, 0.15) is 12.3 Å². The average molecular weight is 387 g/mol. The Morgan fingerprint density at radius 3 is 2.81 bits per heavy atom. The highest BCUT2D eigenvalue weighted by molar-refractivity contribution is 7.15. The molecule has 142 valence electrons. The van der Waals surface area contributed by atoms with Crippen LogP contribution in [-0.4, -0.2) is 35.2 Å². The van der Waals surface area contributed by atoms with Crippen molar-refractivity contribution in [3.8, 4) is 5.75 Å². The molecule has 0 bridgehead atoms. The quantitative estimate of drug-likeness (QED) is 0.769. The standard InChI is InChI=1S/C19H21N3O4S/c1-4-5-15(23)13-6-7-16-14(8-13)22(18(25)12(3)26-16)10-17(24)21-19-20-9-11(2)27-19/h6-9,12H,4-5,10H2,1-3H3,(H,20,21,24). The van der Waals surface area contributed by atoms with Crippen molar-refractivity contribution in [2.24, 2.45) is 0 Å². The van der Waals surface area contributed by atoms with E-state index in [9.17, 15) is 14.4 Å². The van der Waals surface area contributed by atoms with Gasteiger partial charge in [-0.05, 0) is 38.5 Å². The van der Waals surface area contributed by atoms with E-state index in [2.05, 4.69) is 10.3 Å². The van der Waals surface area contributed by atoms with Crippen LogP contribution >= 0.6 is 11.3 Å². The molecule has 0 saturated heterocycles. The van der Waals surface area contributed by atoms with Crippen LogP contribution in [0.3, 0.4) is 0 Å². The van der Waals surface area contributed by atoms with Crippen LogP contribution in [0, 0.1) is 6.92 Å². The molecule has 7 nitrogen and oxygen atoms in total. The molecule has 2 aromatic rings. The van der Waals surface area contributed by atoms with Crippen LogP contribution in [0.1, 0.15) is 41.9 Å². The van der Waals surface area contributed by atoms with E-state index in [1.165, 1.54) is 16.2 Å². The second kappa shape index (κ2) is 7.87. The van der Waals surface area contributed by atoms with Crippen molar-refractivity contribution in [3.63, 3.8) is 0 Å². The topological polar surface area (TPSA) is 88.6 Å². The summed E-state index contributed by atoms with van der Waals surface area (Å²) in [5.41, 5.74) is 0.938. The first-order valence-corrected chi connectivity index (χ1v) is 9.58. The predicted octanol–water partition coefficient (Wildman–Crippen LogP) is 3.19. The Labute approximate surface area is 161 Å². The number of amides is 2. The van der Waals surface area contributed by atoms with Crippen LogP contribution in [0.5, 0.6) is 5.75 Å². The first-order chi connectivity index (χ1) is 12.9. The molecule has 2 amide bonds. The molecule has 1 N–H and O–H groups in total. The molecular formula is C19H21N3O4S. The third-order valence-corrected chi connectivity index (χ3v) is 4.96. The number of carbonyl (C=O) groups excluding carboxylic acids is 3. The van der Waals surface area contributed by atoms with Crippen molar-refractivity contribution in [2.75, 3.05) is 16.8 Å². The molecule has 0 aliphatic carbocycles. The maximum absolute atomic E-state index is 12.6. The number of rotatable bonds is 6. The highest BCUT2D eigenvalue weighted by Gasteiger charge is 2.33. The van der Waals surface area contributed by atoms with E-state index in [4.69, 9.17) is 4.74 Å². The summed E-state index contributed by atoms with van der Waals surface area (Å²) in [6.45, 7) is 5.28. The Morgan fingerprint density at radius 1 is 1.37 bits per heavy atom. The third-order valence-electron chi connectivity index (χ3n) is 4.14. The fourth-order valence-electron chi connectivity index (χ4n) is 2.83. The van der Waals surface area contributed by atoms with Gasteiger partial charge in [-0.2, -0.15) is 0 Å². The highest BCUT2D eigenvalue weighted by atomic mass is 32.1. The minimum atomic E-state index is -0.704. The summed E-state index contributed by atoms with van der Waals surface area (Å²) in [6.07, 6.45) is 2.13. The van der Waals surface area contributed by atoms with Gasteiger partial charge in [-0.1, -0.05) is 6.92 Å². The number of benzene rings is 1. The van der Waals surface area contributed by atoms with Crippen molar-refractivity contribution in [1.29, 1.82) is 0 Å². The number of hydrogen-bond donors (Lipinski definition) is 1. The van der Waals surface area contributed by atoms with Crippen molar-refractivity contribution in [1.82, 2.24) is 4.98 Å². The molecular weight excluding hydrogens is 366 g/mol. The van der Waals surface area contributed by atoms with Crippen LogP contribution in [0.2, 0.25) is 0 Å². The number of ether oxygens (including phenoxy) is 1. The lowest BCUT2D eigenvalue weighted by molar-refractivity contribution is -0.127. The van der Waals surface area contributed by atoms with Crippen LogP contribution < -0.4 is 15.0 Å². The van der Waals surface area contributed by atoms with E-state index < -0.39 is 6.10 Å². The molecule has 1 aliphatic rings. The summed E-state index contributed by atoms with van der Waals surface area (Å²) in [5.74, 6) is -0.210. The number of nitrogens with zero attached hydrogens (tertiary/aromatic N) is 2. The second-order valence-corrected chi connectivity index (χ2v) is 7.60.